The highest BCUT2D eigenvalue weighted by Gasteiger charge is 2.21. The number of rotatable bonds is 5. The van der Waals surface area contributed by atoms with Crippen molar-refractivity contribution in [3.05, 3.63) is 28.2 Å². The number of amides is 2. The van der Waals surface area contributed by atoms with E-state index in [0.717, 1.165) is 35.2 Å². The molecule has 6 heteroatoms. The van der Waals surface area contributed by atoms with Gasteiger partial charge in [0.2, 0.25) is 11.8 Å². The predicted molar refractivity (Wildman–Crippen MR) is 100.0 cm³/mol. The molecule has 0 bridgehead atoms. The van der Waals surface area contributed by atoms with Crippen LogP contribution < -0.4 is 5.32 Å². The molecule has 1 aromatic carbocycles. The van der Waals surface area contributed by atoms with Gasteiger partial charge in [-0.25, -0.2) is 0 Å². The van der Waals surface area contributed by atoms with Gasteiger partial charge in [-0.1, -0.05) is 22.9 Å². The lowest BCUT2D eigenvalue weighted by Gasteiger charge is -2.31. The summed E-state index contributed by atoms with van der Waals surface area (Å²) < 4.78 is 0.973. The van der Waals surface area contributed by atoms with Crippen molar-refractivity contribution < 1.29 is 9.59 Å². The second-order valence-electron chi connectivity index (χ2n) is 6.74. The average molecular weight is 396 g/mol. The Bertz CT molecular complexity index is 606. The molecule has 1 saturated heterocycles. The molecular weight excluding hydrogens is 370 g/mol. The van der Waals surface area contributed by atoms with Crippen molar-refractivity contribution in [1.82, 2.24) is 9.80 Å². The zero-order chi connectivity index (χ0) is 17.7. The molecule has 24 heavy (non-hydrogen) atoms. The lowest BCUT2D eigenvalue weighted by Crippen LogP contribution is -2.44. The molecule has 0 unspecified atom stereocenters. The van der Waals surface area contributed by atoms with Crippen LogP contribution in [0.25, 0.3) is 0 Å². The molecule has 2 amide bonds. The SMILES string of the molecule is Cc1cc(Br)ccc1NC(=O)CN(C)C(=O)CN1CCC[C@H](C)C1. The molecule has 5 nitrogen and oxygen atoms in total. The maximum atomic E-state index is 12.3. The second-order valence-corrected chi connectivity index (χ2v) is 7.66. The van der Waals surface area contributed by atoms with Crippen molar-refractivity contribution in [2.45, 2.75) is 26.7 Å². The molecule has 0 aliphatic carbocycles. The number of hydrogen-bond donors (Lipinski definition) is 1. The van der Waals surface area contributed by atoms with Gasteiger partial charge in [0.15, 0.2) is 0 Å². The first-order chi connectivity index (χ1) is 11.3. The summed E-state index contributed by atoms with van der Waals surface area (Å²) in [7, 11) is 1.68. The number of carbonyl (C=O) groups excluding carboxylic acids is 2. The molecular formula is C18H26BrN3O2. The van der Waals surface area contributed by atoms with Crippen LogP contribution in [0.3, 0.4) is 0 Å². The number of halogens is 1. The Morgan fingerprint density at radius 2 is 2.17 bits per heavy atom. The van der Waals surface area contributed by atoms with E-state index in [9.17, 15) is 9.59 Å². The number of likely N-dealkylation sites (N-methyl/N-ethyl adjacent to an activating group) is 1. The number of nitrogens with zero attached hydrogens (tertiary/aromatic N) is 2. The number of piperidine rings is 1. The summed E-state index contributed by atoms with van der Waals surface area (Å²) in [5, 5.41) is 2.87. The molecule has 1 fully saturated rings. The molecule has 0 saturated carbocycles. The van der Waals surface area contributed by atoms with Gasteiger partial charge in [-0.15, -0.1) is 0 Å². The van der Waals surface area contributed by atoms with Crippen molar-refractivity contribution in [2.75, 3.05) is 38.5 Å². The van der Waals surface area contributed by atoms with Crippen LogP contribution in [0, 0.1) is 12.8 Å². The Morgan fingerprint density at radius 3 is 2.83 bits per heavy atom. The second kappa shape index (κ2) is 8.62. The van der Waals surface area contributed by atoms with Gasteiger partial charge in [0, 0.05) is 23.8 Å². The Kier molecular flexibility index (Phi) is 6.80. The van der Waals surface area contributed by atoms with Crippen molar-refractivity contribution in [3.63, 3.8) is 0 Å². The van der Waals surface area contributed by atoms with Crippen molar-refractivity contribution in [2.24, 2.45) is 5.92 Å². The summed E-state index contributed by atoms with van der Waals surface area (Å²) in [6.45, 7) is 6.54. The minimum Gasteiger partial charge on any atom is -0.335 e. The minimum atomic E-state index is -0.178. The van der Waals surface area contributed by atoms with Crippen LogP contribution >= 0.6 is 15.9 Å². The maximum absolute atomic E-state index is 12.3. The molecule has 0 spiro atoms. The predicted octanol–water partition coefficient (Wildman–Crippen LogP) is 2.89. The smallest absolute Gasteiger partial charge is 0.243 e. The summed E-state index contributed by atoms with van der Waals surface area (Å²) >= 11 is 3.40. The molecule has 1 aliphatic heterocycles. The van der Waals surface area contributed by atoms with E-state index < -0.39 is 0 Å². The Morgan fingerprint density at radius 1 is 1.42 bits per heavy atom. The molecule has 0 aromatic heterocycles. The highest BCUT2D eigenvalue weighted by molar-refractivity contribution is 9.10. The highest BCUT2D eigenvalue weighted by atomic mass is 79.9. The van der Waals surface area contributed by atoms with Gasteiger partial charge < -0.3 is 10.2 Å². The standard InChI is InChI=1S/C18H26BrN3O2/c1-13-5-4-8-22(10-13)12-18(24)21(3)11-17(23)20-16-7-6-15(19)9-14(16)2/h6-7,9,13H,4-5,8,10-12H2,1-3H3,(H,20,23)/t13-/m0/s1. The van der Waals surface area contributed by atoms with Gasteiger partial charge >= 0.3 is 0 Å². The molecule has 1 aliphatic rings. The molecule has 2 rings (SSSR count). The summed E-state index contributed by atoms with van der Waals surface area (Å²) in [5.41, 5.74) is 1.75. The van der Waals surface area contributed by atoms with Crippen LogP contribution in [0.2, 0.25) is 0 Å². The molecule has 1 atom stereocenters. The van der Waals surface area contributed by atoms with Gasteiger partial charge in [-0.05, 0) is 56.0 Å². The lowest BCUT2D eigenvalue weighted by molar-refractivity contribution is -0.134. The first-order valence-electron chi connectivity index (χ1n) is 8.37. The van der Waals surface area contributed by atoms with Gasteiger partial charge in [-0.3, -0.25) is 14.5 Å². The van der Waals surface area contributed by atoms with E-state index in [1.807, 2.05) is 25.1 Å². The molecule has 132 valence electrons. The molecule has 1 aromatic rings. The Balaban J connectivity index is 1.83. The fraction of sp³-hybridized carbons (Fsp3) is 0.556. The van der Waals surface area contributed by atoms with E-state index in [-0.39, 0.29) is 18.4 Å². The number of anilines is 1. The van der Waals surface area contributed by atoms with Crippen LogP contribution in [-0.2, 0) is 9.59 Å². The first-order valence-corrected chi connectivity index (χ1v) is 9.16. The van der Waals surface area contributed by atoms with Gasteiger partial charge in [0.1, 0.15) is 0 Å². The van der Waals surface area contributed by atoms with E-state index in [1.165, 1.54) is 11.3 Å². The summed E-state index contributed by atoms with van der Waals surface area (Å²) in [6, 6.07) is 5.69. The topological polar surface area (TPSA) is 52.7 Å². The third-order valence-electron chi connectivity index (χ3n) is 4.37. The zero-order valence-corrected chi connectivity index (χ0v) is 16.2. The molecule has 0 radical (unpaired) electrons. The quantitative estimate of drug-likeness (QED) is 0.833. The van der Waals surface area contributed by atoms with E-state index in [2.05, 4.69) is 33.1 Å². The third kappa shape index (κ3) is 5.60. The number of benzene rings is 1. The first kappa shape index (κ1) is 18.9. The summed E-state index contributed by atoms with van der Waals surface area (Å²) in [4.78, 5) is 28.2. The fourth-order valence-corrected chi connectivity index (χ4v) is 3.48. The van der Waals surface area contributed by atoms with Crippen LogP contribution in [0.5, 0.6) is 0 Å². The number of hydrogen-bond acceptors (Lipinski definition) is 3. The lowest BCUT2D eigenvalue weighted by atomic mass is 10.0. The number of carbonyl (C=O) groups is 2. The number of likely N-dealkylation sites (tertiary alicyclic amines) is 1. The normalized spacial score (nSPS) is 18.2. The average Bonchev–Trinajstić information content (AvgIpc) is 2.50. The largest absolute Gasteiger partial charge is 0.335 e. The third-order valence-corrected chi connectivity index (χ3v) is 4.86. The summed E-state index contributed by atoms with van der Waals surface area (Å²) in [6.07, 6.45) is 2.37. The van der Waals surface area contributed by atoms with Crippen molar-refractivity contribution in [3.8, 4) is 0 Å². The van der Waals surface area contributed by atoms with Crippen molar-refractivity contribution >= 4 is 33.4 Å². The highest BCUT2D eigenvalue weighted by Crippen LogP contribution is 2.20. The Hall–Kier alpha value is -1.40. The van der Waals surface area contributed by atoms with Crippen LogP contribution in [-0.4, -0.2) is 54.8 Å². The summed E-state index contributed by atoms with van der Waals surface area (Å²) in [5.74, 6) is 0.454. The molecule has 1 N–H and O–H groups in total. The number of nitrogens with one attached hydrogen (secondary N) is 1. The van der Waals surface area contributed by atoms with Crippen LogP contribution in [0.1, 0.15) is 25.3 Å². The van der Waals surface area contributed by atoms with E-state index in [1.54, 1.807) is 7.05 Å². The maximum Gasteiger partial charge on any atom is 0.243 e. The monoisotopic (exact) mass is 395 g/mol. The number of aryl methyl sites for hydroxylation is 1. The van der Waals surface area contributed by atoms with Gasteiger partial charge in [0.25, 0.3) is 0 Å². The van der Waals surface area contributed by atoms with Gasteiger partial charge in [0.05, 0.1) is 13.1 Å². The van der Waals surface area contributed by atoms with E-state index in [0.29, 0.717) is 12.5 Å². The fourth-order valence-electron chi connectivity index (χ4n) is 3.00. The van der Waals surface area contributed by atoms with E-state index in [4.69, 9.17) is 0 Å². The van der Waals surface area contributed by atoms with Gasteiger partial charge in [-0.2, -0.15) is 0 Å². The Labute approximate surface area is 152 Å². The minimum absolute atomic E-state index is 0.00761. The van der Waals surface area contributed by atoms with Crippen LogP contribution in [0.4, 0.5) is 5.69 Å². The van der Waals surface area contributed by atoms with Crippen LogP contribution in [0.15, 0.2) is 22.7 Å². The van der Waals surface area contributed by atoms with Crippen molar-refractivity contribution in [1.29, 1.82) is 0 Å². The zero-order valence-electron chi connectivity index (χ0n) is 14.6. The molecule has 1 heterocycles. The van der Waals surface area contributed by atoms with E-state index >= 15 is 0 Å².